The van der Waals surface area contributed by atoms with Crippen molar-refractivity contribution in [2.24, 2.45) is 22.2 Å². The second-order valence-electron chi connectivity index (χ2n) is 5.15. The first-order chi connectivity index (χ1) is 9.99. The Morgan fingerprint density at radius 3 is 2.57 bits per heavy atom. The van der Waals surface area contributed by atoms with E-state index in [1.165, 1.54) is 5.56 Å². The molecule has 21 heavy (non-hydrogen) atoms. The van der Waals surface area contributed by atoms with Gasteiger partial charge in [0.1, 0.15) is 0 Å². The van der Waals surface area contributed by atoms with Gasteiger partial charge in [0.25, 0.3) is 0 Å². The summed E-state index contributed by atoms with van der Waals surface area (Å²) >= 11 is 0. The molecule has 0 saturated heterocycles. The van der Waals surface area contributed by atoms with Crippen molar-refractivity contribution < 1.29 is 4.79 Å². The van der Waals surface area contributed by atoms with Crippen molar-refractivity contribution in [2.75, 3.05) is 6.54 Å². The van der Waals surface area contributed by atoms with Crippen LogP contribution in [-0.4, -0.2) is 30.5 Å². The van der Waals surface area contributed by atoms with Gasteiger partial charge in [-0.3, -0.25) is 9.79 Å². The number of carbonyl (C=O) groups excluding carboxylic acids is 1. The fraction of sp³-hybridized carbons (Fsp3) is 0.467. The predicted molar refractivity (Wildman–Crippen MR) is 85.6 cm³/mol. The van der Waals surface area contributed by atoms with Crippen LogP contribution in [0.25, 0.3) is 0 Å². The Kier molecular flexibility index (Phi) is 7.25. The molecular formula is C15H25N5O. The molecule has 0 bridgehead atoms. The van der Waals surface area contributed by atoms with Crippen molar-refractivity contribution in [1.29, 1.82) is 0 Å². The average Bonchev–Trinajstić information content (AvgIpc) is 2.44. The Bertz CT molecular complexity index is 456. The maximum Gasteiger partial charge on any atom is 0.237 e. The van der Waals surface area contributed by atoms with Crippen LogP contribution >= 0.6 is 0 Å². The molecule has 0 spiro atoms. The van der Waals surface area contributed by atoms with E-state index < -0.39 is 6.04 Å². The second kappa shape index (κ2) is 8.97. The zero-order valence-electron chi connectivity index (χ0n) is 12.5. The highest BCUT2D eigenvalue weighted by atomic mass is 16.2. The minimum atomic E-state index is -0.530. The molecule has 0 aromatic heterocycles. The third-order valence-electron chi connectivity index (χ3n) is 3.08. The van der Waals surface area contributed by atoms with Crippen molar-refractivity contribution in [1.82, 2.24) is 5.32 Å². The van der Waals surface area contributed by atoms with Crippen molar-refractivity contribution >= 4 is 11.9 Å². The van der Waals surface area contributed by atoms with Gasteiger partial charge in [0, 0.05) is 12.6 Å². The molecule has 0 aliphatic heterocycles. The molecule has 0 saturated carbocycles. The van der Waals surface area contributed by atoms with Gasteiger partial charge in [0.2, 0.25) is 5.91 Å². The Labute approximate surface area is 125 Å². The molecule has 6 nitrogen and oxygen atoms in total. The van der Waals surface area contributed by atoms with E-state index in [4.69, 9.17) is 17.2 Å². The van der Waals surface area contributed by atoms with Gasteiger partial charge in [-0.2, -0.15) is 0 Å². The highest BCUT2D eigenvalue weighted by Gasteiger charge is 2.15. The summed E-state index contributed by atoms with van der Waals surface area (Å²) in [5.74, 6) is -0.0763. The summed E-state index contributed by atoms with van der Waals surface area (Å²) in [5, 5.41) is 2.93. The summed E-state index contributed by atoms with van der Waals surface area (Å²) in [4.78, 5) is 15.8. The molecule has 1 rings (SSSR count). The minimum absolute atomic E-state index is 0.0451. The number of guanidine groups is 1. The van der Waals surface area contributed by atoms with E-state index in [1.54, 1.807) is 0 Å². The number of nitrogens with one attached hydrogen (secondary N) is 1. The lowest BCUT2D eigenvalue weighted by atomic mass is 10.1. The highest BCUT2D eigenvalue weighted by molar-refractivity contribution is 5.81. The third-order valence-corrected chi connectivity index (χ3v) is 3.08. The number of hydrogen-bond donors (Lipinski definition) is 4. The SMILES string of the molecule is C[C@@H](Cc1ccccc1)NC(=O)[C@@H](N)CCCN=C(N)N. The van der Waals surface area contributed by atoms with Gasteiger partial charge in [0.05, 0.1) is 6.04 Å². The van der Waals surface area contributed by atoms with Crippen LogP contribution in [0.1, 0.15) is 25.3 Å². The van der Waals surface area contributed by atoms with Gasteiger partial charge in [-0.25, -0.2) is 0 Å². The zero-order chi connectivity index (χ0) is 15.7. The molecule has 7 N–H and O–H groups in total. The lowest BCUT2D eigenvalue weighted by molar-refractivity contribution is -0.123. The van der Waals surface area contributed by atoms with Crippen LogP contribution in [0.5, 0.6) is 0 Å². The summed E-state index contributed by atoms with van der Waals surface area (Å²) in [5.41, 5.74) is 17.5. The van der Waals surface area contributed by atoms with Gasteiger partial charge in [-0.1, -0.05) is 30.3 Å². The smallest absolute Gasteiger partial charge is 0.237 e. The maximum absolute atomic E-state index is 12.0. The Hall–Kier alpha value is -2.08. The number of nitrogens with zero attached hydrogens (tertiary/aromatic N) is 1. The summed E-state index contributed by atoms with van der Waals surface area (Å²) in [7, 11) is 0. The molecule has 0 heterocycles. The van der Waals surface area contributed by atoms with Gasteiger partial charge >= 0.3 is 0 Å². The van der Waals surface area contributed by atoms with E-state index >= 15 is 0 Å². The fourth-order valence-electron chi connectivity index (χ4n) is 2.02. The number of carbonyl (C=O) groups is 1. The quantitative estimate of drug-likeness (QED) is 0.309. The number of aliphatic imine (C=N–C) groups is 1. The summed E-state index contributed by atoms with van der Waals surface area (Å²) in [6.07, 6.45) is 2.02. The molecule has 116 valence electrons. The van der Waals surface area contributed by atoms with Crippen LogP contribution in [0.2, 0.25) is 0 Å². The van der Waals surface area contributed by atoms with Crippen LogP contribution in [-0.2, 0) is 11.2 Å². The number of amides is 1. The van der Waals surface area contributed by atoms with E-state index in [9.17, 15) is 4.79 Å². The average molecular weight is 291 g/mol. The van der Waals surface area contributed by atoms with Crippen LogP contribution in [0, 0.1) is 0 Å². The first-order valence-corrected chi connectivity index (χ1v) is 7.14. The topological polar surface area (TPSA) is 120 Å². The molecule has 6 heteroatoms. The normalized spacial score (nSPS) is 13.2. The molecule has 0 fully saturated rings. The standard InChI is InChI=1S/C15H25N5O/c1-11(10-12-6-3-2-4-7-12)20-14(21)13(16)8-5-9-19-15(17)18/h2-4,6-7,11,13H,5,8-10,16H2,1H3,(H,20,21)(H4,17,18,19)/t11-,13-/m0/s1. The van der Waals surface area contributed by atoms with E-state index in [2.05, 4.69) is 10.3 Å². The monoisotopic (exact) mass is 291 g/mol. The van der Waals surface area contributed by atoms with Crippen molar-refractivity contribution in [3.63, 3.8) is 0 Å². The summed E-state index contributed by atoms with van der Waals surface area (Å²) < 4.78 is 0. The number of benzene rings is 1. The van der Waals surface area contributed by atoms with Gasteiger partial charge in [-0.05, 0) is 31.7 Å². The Morgan fingerprint density at radius 1 is 1.29 bits per heavy atom. The van der Waals surface area contributed by atoms with Crippen LogP contribution in [0.3, 0.4) is 0 Å². The van der Waals surface area contributed by atoms with E-state index in [0.717, 1.165) is 6.42 Å². The molecule has 0 aliphatic rings. The van der Waals surface area contributed by atoms with Gasteiger partial charge in [-0.15, -0.1) is 0 Å². The predicted octanol–water partition coefficient (Wildman–Crippen LogP) is 0.115. The lowest BCUT2D eigenvalue weighted by Crippen LogP contribution is -2.45. The van der Waals surface area contributed by atoms with Gasteiger partial charge in [0.15, 0.2) is 5.96 Å². The van der Waals surface area contributed by atoms with Crippen LogP contribution in [0.15, 0.2) is 35.3 Å². The Morgan fingerprint density at radius 2 is 1.95 bits per heavy atom. The summed E-state index contributed by atoms with van der Waals surface area (Å²) in [6, 6.07) is 9.54. The van der Waals surface area contributed by atoms with Crippen molar-refractivity contribution in [3.8, 4) is 0 Å². The maximum atomic E-state index is 12.0. The highest BCUT2D eigenvalue weighted by Crippen LogP contribution is 2.03. The van der Waals surface area contributed by atoms with Crippen LogP contribution in [0.4, 0.5) is 0 Å². The van der Waals surface area contributed by atoms with Crippen molar-refractivity contribution in [2.45, 2.75) is 38.3 Å². The lowest BCUT2D eigenvalue weighted by Gasteiger charge is -2.17. The molecular weight excluding hydrogens is 266 g/mol. The molecule has 0 unspecified atom stereocenters. The fourth-order valence-corrected chi connectivity index (χ4v) is 2.02. The molecule has 0 aliphatic carbocycles. The van der Waals surface area contributed by atoms with E-state index in [-0.39, 0.29) is 17.9 Å². The minimum Gasteiger partial charge on any atom is -0.370 e. The largest absolute Gasteiger partial charge is 0.370 e. The Balaban J connectivity index is 2.29. The van der Waals surface area contributed by atoms with Crippen LogP contribution < -0.4 is 22.5 Å². The van der Waals surface area contributed by atoms with E-state index in [0.29, 0.717) is 19.4 Å². The van der Waals surface area contributed by atoms with Gasteiger partial charge < -0.3 is 22.5 Å². The third kappa shape index (κ3) is 7.31. The second-order valence-corrected chi connectivity index (χ2v) is 5.15. The molecule has 1 amide bonds. The molecule has 2 atom stereocenters. The number of nitrogens with two attached hydrogens (primary N) is 3. The first kappa shape index (κ1) is 17.0. The first-order valence-electron chi connectivity index (χ1n) is 7.14. The van der Waals surface area contributed by atoms with Crippen molar-refractivity contribution in [3.05, 3.63) is 35.9 Å². The molecule has 1 aromatic rings. The number of rotatable bonds is 8. The number of hydrogen-bond acceptors (Lipinski definition) is 3. The molecule has 1 aromatic carbocycles. The van der Waals surface area contributed by atoms with E-state index in [1.807, 2.05) is 37.3 Å². The zero-order valence-corrected chi connectivity index (χ0v) is 12.5. The summed E-state index contributed by atoms with van der Waals surface area (Å²) in [6.45, 7) is 2.46. The molecule has 0 radical (unpaired) electrons.